The number of hydrogen-bond donors (Lipinski definition) is 0. The first-order valence-corrected chi connectivity index (χ1v) is 45.4. The molecule has 0 atom stereocenters. The summed E-state index contributed by atoms with van der Waals surface area (Å²) >= 11 is 1.85. The van der Waals surface area contributed by atoms with E-state index in [1.54, 1.807) is 0 Å². The van der Waals surface area contributed by atoms with E-state index >= 15 is 0 Å². The second-order valence-corrected chi connectivity index (χ2v) is 34.9. The maximum atomic E-state index is 6.62. The zero-order valence-electron chi connectivity index (χ0n) is 71.2. The molecule has 0 N–H and O–H groups in total. The molecule has 25 aromatic rings. The first-order valence-electron chi connectivity index (χ1n) is 44.6. The van der Waals surface area contributed by atoms with Gasteiger partial charge in [0, 0.05) is 110 Å². The van der Waals surface area contributed by atoms with Gasteiger partial charge in [-0.25, -0.2) is 0 Å². The molecule has 0 spiro atoms. The Labute approximate surface area is 761 Å². The van der Waals surface area contributed by atoms with Gasteiger partial charge in [0.25, 0.3) is 0 Å². The van der Waals surface area contributed by atoms with E-state index in [0.29, 0.717) is 0 Å². The highest BCUT2D eigenvalue weighted by atomic mass is 32.1. The number of thiophene rings is 1. The summed E-state index contributed by atoms with van der Waals surface area (Å²) in [6, 6.07) is 178. The van der Waals surface area contributed by atoms with E-state index in [2.05, 4.69) is 493 Å². The molecule has 3 heterocycles. The van der Waals surface area contributed by atoms with Crippen molar-refractivity contribution in [3.63, 3.8) is 0 Å². The number of furan rings is 2. The van der Waals surface area contributed by atoms with Crippen LogP contribution in [0.4, 0.5) is 68.2 Å². The molecule has 0 aliphatic rings. The molecule has 0 aliphatic heterocycles. The fraction of sp³-hybridized carbons (Fsp3) is 0. The van der Waals surface area contributed by atoms with Gasteiger partial charge in [-0.15, -0.1) is 11.3 Å². The Morgan fingerprint density at radius 3 is 1.04 bits per heavy atom. The predicted octanol–water partition coefficient (Wildman–Crippen LogP) is 36.3. The molecule has 0 saturated heterocycles. The Morgan fingerprint density at radius 1 is 0.145 bits per heavy atom. The van der Waals surface area contributed by atoms with E-state index in [4.69, 9.17) is 8.83 Å². The fourth-order valence-corrected chi connectivity index (χ4v) is 21.0. The van der Waals surface area contributed by atoms with Crippen LogP contribution in [-0.4, -0.2) is 0 Å². The van der Waals surface area contributed by atoms with E-state index in [0.717, 1.165) is 184 Å². The monoisotopic (exact) mass is 1690 g/mol. The summed E-state index contributed by atoms with van der Waals surface area (Å²) in [6.45, 7) is 0. The maximum Gasteiger partial charge on any atom is 0.135 e. The first kappa shape index (κ1) is 76.3. The Morgan fingerprint density at radius 2 is 0.489 bits per heavy atom. The van der Waals surface area contributed by atoms with Crippen molar-refractivity contribution in [3.8, 4) is 66.8 Å². The van der Waals surface area contributed by atoms with Gasteiger partial charge < -0.3 is 28.4 Å². The largest absolute Gasteiger partial charge is 0.456 e. The van der Waals surface area contributed by atoms with Gasteiger partial charge in [-0.05, 0) is 292 Å². The summed E-state index contributed by atoms with van der Waals surface area (Å²) in [7, 11) is 0. The van der Waals surface area contributed by atoms with Crippen LogP contribution < -0.4 is 19.6 Å². The molecule has 131 heavy (non-hydrogen) atoms. The molecule has 3 aromatic heterocycles. The third kappa shape index (κ3) is 13.7. The smallest absolute Gasteiger partial charge is 0.135 e. The van der Waals surface area contributed by atoms with E-state index in [1.165, 1.54) is 58.4 Å². The van der Waals surface area contributed by atoms with Crippen molar-refractivity contribution in [2.24, 2.45) is 0 Å². The van der Waals surface area contributed by atoms with Crippen molar-refractivity contribution in [1.29, 1.82) is 0 Å². The molecule has 0 amide bonds. The molecule has 7 heteroatoms. The molecule has 614 valence electrons. The third-order valence-electron chi connectivity index (χ3n) is 26.1. The van der Waals surface area contributed by atoms with Crippen molar-refractivity contribution in [1.82, 2.24) is 0 Å². The standard InChI is InChI=1S/C124H80N4O2S/c1-5-27-81(28-6-1)82-49-51-85(52-50-82)104-37-19-23-45-118(104)128(94-34-11-4-12-35-94)102-72-91(71-101(78-102)126(93-32-9-3-10-33-93)97-64-66-121-115(79-97)109-42-20-24-46-119(109)129-121)114-76-89-54-53-86(73-112(89)107-40-17-18-41-108(107)114)83-57-62-96(63-58-83)127(98-65-67-122-116(80-98)110-43-21-25-47-120(110)130-122)100-70-90(113-75-88-29-13-14-36-103(88)105-38-15-16-39-106(105)113)69-99(77-100)125(92-30-7-2-8-31-92)95-60-55-84(56-61-95)87-59-68-124-117(74-87)111-44-22-26-48-123(111)131-124/h1-80H. The number of para-hydroxylation sites is 6. The van der Waals surface area contributed by atoms with E-state index < -0.39 is 0 Å². The summed E-state index contributed by atoms with van der Waals surface area (Å²) in [6.07, 6.45) is 0. The van der Waals surface area contributed by atoms with Gasteiger partial charge in [0.15, 0.2) is 0 Å². The number of rotatable bonds is 18. The molecular weight excluding hydrogens is 1610 g/mol. The van der Waals surface area contributed by atoms with Crippen molar-refractivity contribution in [2.45, 2.75) is 0 Å². The molecule has 22 aromatic carbocycles. The topological polar surface area (TPSA) is 39.2 Å². The molecule has 25 rings (SSSR count). The van der Waals surface area contributed by atoms with E-state index in [1.807, 2.05) is 23.5 Å². The molecule has 0 fully saturated rings. The van der Waals surface area contributed by atoms with Gasteiger partial charge in [0.1, 0.15) is 22.3 Å². The van der Waals surface area contributed by atoms with E-state index in [-0.39, 0.29) is 0 Å². The highest BCUT2D eigenvalue weighted by molar-refractivity contribution is 7.25. The Balaban J connectivity index is 0.647. The van der Waals surface area contributed by atoms with Gasteiger partial charge in [-0.1, -0.05) is 297 Å². The molecule has 6 nitrogen and oxygen atoms in total. The molecule has 0 radical (unpaired) electrons. The van der Waals surface area contributed by atoms with Gasteiger partial charge in [-0.3, -0.25) is 0 Å². The summed E-state index contributed by atoms with van der Waals surface area (Å²) in [5.74, 6) is 0. The minimum atomic E-state index is 0.830. The van der Waals surface area contributed by atoms with Gasteiger partial charge in [0.05, 0.1) is 5.69 Å². The number of nitrogens with zero attached hydrogens (tertiary/aromatic N) is 4. The summed E-state index contributed by atoms with van der Waals surface area (Å²) in [5.41, 5.74) is 28.9. The van der Waals surface area contributed by atoms with Gasteiger partial charge in [-0.2, -0.15) is 0 Å². The fourth-order valence-electron chi connectivity index (χ4n) is 19.9. The number of fused-ring (bicyclic) bond motifs is 15. The van der Waals surface area contributed by atoms with E-state index in [9.17, 15) is 0 Å². The van der Waals surface area contributed by atoms with Crippen LogP contribution >= 0.6 is 11.3 Å². The van der Waals surface area contributed by atoms with Crippen LogP contribution in [0.15, 0.2) is 494 Å². The van der Waals surface area contributed by atoms with Crippen molar-refractivity contribution < 1.29 is 8.83 Å². The summed E-state index contributed by atoms with van der Waals surface area (Å²) in [5, 5.41) is 16.1. The maximum absolute atomic E-state index is 6.62. The van der Waals surface area contributed by atoms with Crippen LogP contribution in [0.25, 0.3) is 174 Å². The van der Waals surface area contributed by atoms with Crippen LogP contribution in [0.2, 0.25) is 0 Å². The Kier molecular flexibility index (Phi) is 18.7. The van der Waals surface area contributed by atoms with Crippen molar-refractivity contribution in [2.75, 3.05) is 19.6 Å². The zero-order chi connectivity index (χ0) is 86.4. The minimum Gasteiger partial charge on any atom is -0.456 e. The molecular formula is C124H80N4O2S. The molecule has 0 unspecified atom stereocenters. The SMILES string of the molecule is c1ccc(-c2ccc(-c3ccccc3N(c3ccccc3)c3cc(-c4cc5ccc(-c6ccc(N(c7cc(-c8cc9ccccc9c9ccccc89)cc(N(c8ccccc8)c8ccc(-c9ccc%10sc%11ccccc%11c%10c9)cc8)c7)c7ccc8oc9ccccc9c8c7)cc6)cc5c5ccccc45)cc(N(c4ccccc4)c4ccc5oc6ccccc6c5c4)c3)cc2)cc1. The quantitative estimate of drug-likeness (QED) is 0.0798. The number of anilines is 12. The Hall–Kier alpha value is -17.1. The first-order chi connectivity index (χ1) is 64.9. The average molecular weight is 1690 g/mol. The molecule has 0 aliphatic carbocycles. The second kappa shape index (κ2) is 32.1. The highest BCUT2D eigenvalue weighted by Gasteiger charge is 2.27. The predicted molar refractivity (Wildman–Crippen MR) is 555 cm³/mol. The van der Waals surface area contributed by atoms with Crippen LogP contribution in [0.1, 0.15) is 0 Å². The minimum absolute atomic E-state index is 0.830. The van der Waals surface area contributed by atoms with Gasteiger partial charge in [0.2, 0.25) is 0 Å². The van der Waals surface area contributed by atoms with Crippen molar-refractivity contribution in [3.05, 3.63) is 485 Å². The van der Waals surface area contributed by atoms with Crippen LogP contribution in [0.3, 0.4) is 0 Å². The third-order valence-corrected chi connectivity index (χ3v) is 27.3. The lowest BCUT2D eigenvalue weighted by Gasteiger charge is -2.31. The van der Waals surface area contributed by atoms with Crippen molar-refractivity contribution >= 4 is 187 Å². The van der Waals surface area contributed by atoms with Gasteiger partial charge >= 0.3 is 0 Å². The lowest BCUT2D eigenvalue weighted by Crippen LogP contribution is -2.14. The Bertz CT molecular complexity index is 8730. The number of benzene rings is 22. The lowest BCUT2D eigenvalue weighted by molar-refractivity contribution is 0.668. The summed E-state index contributed by atoms with van der Waals surface area (Å²) in [4.78, 5) is 9.71. The summed E-state index contributed by atoms with van der Waals surface area (Å²) < 4.78 is 15.7. The second-order valence-electron chi connectivity index (χ2n) is 33.8. The normalized spacial score (nSPS) is 11.7. The zero-order valence-corrected chi connectivity index (χ0v) is 72.0. The highest BCUT2D eigenvalue weighted by Crippen LogP contribution is 2.52. The molecule has 0 saturated carbocycles. The number of hydrogen-bond acceptors (Lipinski definition) is 7. The molecule has 0 bridgehead atoms. The lowest BCUT2D eigenvalue weighted by atomic mass is 9.90. The van der Waals surface area contributed by atoms with Crippen LogP contribution in [-0.2, 0) is 0 Å². The van der Waals surface area contributed by atoms with Crippen LogP contribution in [0.5, 0.6) is 0 Å². The van der Waals surface area contributed by atoms with Crippen LogP contribution in [0, 0.1) is 0 Å². The average Bonchev–Trinajstić information content (AvgIpc) is 0.841.